The Morgan fingerprint density at radius 3 is 2.90 bits per heavy atom. The van der Waals surface area contributed by atoms with Gasteiger partial charge in [0.15, 0.2) is 5.13 Å². The molecule has 8 heteroatoms. The Kier molecular flexibility index (Phi) is 3.72. The summed E-state index contributed by atoms with van der Waals surface area (Å²) in [7, 11) is 0. The zero-order chi connectivity index (χ0) is 14.8. The smallest absolute Gasteiger partial charge is 0.321 e. The maximum atomic E-state index is 11.9. The molecule has 1 aliphatic rings. The second-order valence-corrected chi connectivity index (χ2v) is 5.70. The fourth-order valence-corrected chi connectivity index (χ4v) is 3.03. The molecular formula is C13H13N3O4S. The zero-order valence-electron chi connectivity index (χ0n) is 10.9. The highest BCUT2D eigenvalue weighted by Crippen LogP contribution is 2.25. The van der Waals surface area contributed by atoms with Gasteiger partial charge in [0.1, 0.15) is 5.92 Å². The lowest BCUT2D eigenvalue weighted by atomic mass is 10.0. The number of hydrogen-bond donors (Lipinski definition) is 3. The summed E-state index contributed by atoms with van der Waals surface area (Å²) in [6.45, 7) is 0.311. The van der Waals surface area contributed by atoms with Gasteiger partial charge in [-0.1, -0.05) is 23.5 Å². The van der Waals surface area contributed by atoms with E-state index in [1.165, 1.54) is 11.3 Å². The van der Waals surface area contributed by atoms with E-state index in [4.69, 9.17) is 9.84 Å². The predicted molar refractivity (Wildman–Crippen MR) is 77.5 cm³/mol. The van der Waals surface area contributed by atoms with Gasteiger partial charge in [-0.2, -0.15) is 0 Å². The van der Waals surface area contributed by atoms with Crippen molar-refractivity contribution in [3.05, 3.63) is 24.3 Å². The summed E-state index contributed by atoms with van der Waals surface area (Å²) in [4.78, 5) is 27.2. The third-order valence-electron chi connectivity index (χ3n) is 3.23. The quantitative estimate of drug-likeness (QED) is 0.798. The average Bonchev–Trinajstić information content (AvgIpc) is 3.03. The highest BCUT2D eigenvalue weighted by molar-refractivity contribution is 7.22. The fraction of sp³-hybridized carbons (Fsp3) is 0.308. The molecule has 21 heavy (non-hydrogen) atoms. The van der Waals surface area contributed by atoms with Crippen molar-refractivity contribution in [1.29, 1.82) is 0 Å². The third kappa shape index (κ3) is 2.96. The van der Waals surface area contributed by atoms with Crippen LogP contribution in [0.25, 0.3) is 10.2 Å². The van der Waals surface area contributed by atoms with Crippen LogP contribution in [0.2, 0.25) is 0 Å². The summed E-state index contributed by atoms with van der Waals surface area (Å²) in [5, 5.41) is 14.7. The number of anilines is 1. The number of ether oxygens (including phenoxy) is 1. The van der Waals surface area contributed by atoms with Crippen molar-refractivity contribution in [2.45, 2.75) is 6.04 Å². The van der Waals surface area contributed by atoms with Gasteiger partial charge in [0, 0.05) is 0 Å². The molecule has 0 saturated carbocycles. The first-order valence-electron chi connectivity index (χ1n) is 6.37. The van der Waals surface area contributed by atoms with Crippen LogP contribution in [0.4, 0.5) is 9.93 Å². The highest BCUT2D eigenvalue weighted by atomic mass is 32.1. The number of hydrogen-bond acceptors (Lipinski definition) is 5. The largest absolute Gasteiger partial charge is 0.481 e. The van der Waals surface area contributed by atoms with Crippen molar-refractivity contribution in [2.24, 2.45) is 5.92 Å². The number of nitrogens with one attached hydrogen (secondary N) is 2. The number of aliphatic carboxylic acids is 1. The topological polar surface area (TPSA) is 101 Å². The zero-order valence-corrected chi connectivity index (χ0v) is 11.7. The van der Waals surface area contributed by atoms with E-state index < -0.39 is 24.0 Å². The predicted octanol–water partition coefficient (Wildman–Crippen LogP) is 1.52. The lowest BCUT2D eigenvalue weighted by molar-refractivity contribution is -0.142. The Balaban J connectivity index is 1.65. The first-order valence-corrected chi connectivity index (χ1v) is 7.19. The standard InChI is InChI=1S/C13H13N3O4S/c17-11(18)7-5-20-6-9(7)14-12(19)16-13-15-8-3-1-2-4-10(8)21-13/h1-4,7,9H,5-6H2,(H,17,18)(H2,14,15,16,19). The summed E-state index contributed by atoms with van der Waals surface area (Å²) >= 11 is 1.36. The molecule has 2 atom stereocenters. The monoisotopic (exact) mass is 307 g/mol. The number of thiazole rings is 1. The van der Waals surface area contributed by atoms with Crippen LogP contribution in [0.15, 0.2) is 24.3 Å². The fourth-order valence-electron chi connectivity index (χ4n) is 2.17. The Bertz CT molecular complexity index is 654. The van der Waals surface area contributed by atoms with Gasteiger partial charge in [-0.05, 0) is 12.1 Å². The first kappa shape index (κ1) is 13.8. The summed E-state index contributed by atoms with van der Waals surface area (Å²) in [5.74, 6) is -1.69. The van der Waals surface area contributed by atoms with Crippen LogP contribution in [-0.4, -0.2) is 41.3 Å². The van der Waals surface area contributed by atoms with Gasteiger partial charge < -0.3 is 15.2 Å². The van der Waals surface area contributed by atoms with Gasteiger partial charge in [0.2, 0.25) is 0 Å². The normalized spacial score (nSPS) is 21.3. The molecule has 2 aromatic rings. The Hall–Kier alpha value is -2.19. The number of carbonyl (C=O) groups excluding carboxylic acids is 1. The van der Waals surface area contributed by atoms with Gasteiger partial charge >= 0.3 is 12.0 Å². The van der Waals surface area contributed by atoms with E-state index >= 15 is 0 Å². The number of nitrogens with zero attached hydrogens (tertiary/aromatic N) is 1. The molecule has 2 amide bonds. The molecule has 2 unspecified atom stereocenters. The number of aromatic nitrogens is 1. The number of urea groups is 1. The number of carboxylic acid groups (broad SMARTS) is 1. The molecule has 1 aliphatic heterocycles. The van der Waals surface area contributed by atoms with Crippen LogP contribution < -0.4 is 10.6 Å². The number of carbonyl (C=O) groups is 2. The molecule has 110 valence electrons. The number of para-hydroxylation sites is 1. The van der Waals surface area contributed by atoms with E-state index in [1.807, 2.05) is 24.3 Å². The first-order chi connectivity index (χ1) is 10.1. The summed E-state index contributed by atoms with van der Waals surface area (Å²) in [5.41, 5.74) is 0.811. The highest BCUT2D eigenvalue weighted by Gasteiger charge is 2.35. The van der Waals surface area contributed by atoms with Crippen molar-refractivity contribution >= 4 is 38.7 Å². The summed E-state index contributed by atoms with van der Waals surface area (Å²) < 4.78 is 6.07. The minimum atomic E-state index is -0.974. The molecule has 0 spiro atoms. The molecule has 1 fully saturated rings. The number of benzene rings is 1. The van der Waals surface area contributed by atoms with Gasteiger partial charge in [0.25, 0.3) is 0 Å². The van der Waals surface area contributed by atoms with Gasteiger partial charge in [-0.3, -0.25) is 10.1 Å². The molecule has 3 rings (SSSR count). The van der Waals surface area contributed by atoms with Crippen molar-refractivity contribution in [1.82, 2.24) is 10.3 Å². The van der Waals surface area contributed by atoms with E-state index in [1.54, 1.807) is 0 Å². The second kappa shape index (κ2) is 5.66. The van der Waals surface area contributed by atoms with E-state index in [9.17, 15) is 9.59 Å². The SMILES string of the molecule is O=C(Nc1nc2ccccc2s1)NC1COCC1C(=O)O. The van der Waals surface area contributed by atoms with Crippen molar-refractivity contribution in [2.75, 3.05) is 18.5 Å². The van der Waals surface area contributed by atoms with Gasteiger partial charge in [0.05, 0.1) is 29.5 Å². The average molecular weight is 307 g/mol. The summed E-state index contributed by atoms with van der Waals surface area (Å²) in [6.07, 6.45) is 0. The minimum Gasteiger partial charge on any atom is -0.481 e. The maximum Gasteiger partial charge on any atom is 0.321 e. The van der Waals surface area contributed by atoms with E-state index in [-0.39, 0.29) is 13.2 Å². The third-order valence-corrected chi connectivity index (χ3v) is 4.18. The molecule has 0 bridgehead atoms. The van der Waals surface area contributed by atoms with Crippen LogP contribution in [0.3, 0.4) is 0 Å². The molecule has 1 aromatic carbocycles. The molecule has 1 aromatic heterocycles. The van der Waals surface area contributed by atoms with Crippen molar-refractivity contribution in [3.63, 3.8) is 0 Å². The second-order valence-electron chi connectivity index (χ2n) is 4.67. The number of amides is 2. The number of carboxylic acids is 1. The van der Waals surface area contributed by atoms with E-state index in [0.29, 0.717) is 5.13 Å². The van der Waals surface area contributed by atoms with Crippen LogP contribution in [0, 0.1) is 5.92 Å². The van der Waals surface area contributed by atoms with Crippen LogP contribution >= 0.6 is 11.3 Å². The number of fused-ring (bicyclic) bond motifs is 1. The lowest BCUT2D eigenvalue weighted by Gasteiger charge is -2.15. The van der Waals surface area contributed by atoms with Crippen LogP contribution in [0.1, 0.15) is 0 Å². The molecule has 2 heterocycles. The molecule has 0 radical (unpaired) electrons. The van der Waals surface area contributed by atoms with Crippen molar-refractivity contribution in [3.8, 4) is 0 Å². The maximum absolute atomic E-state index is 11.9. The van der Waals surface area contributed by atoms with E-state index in [0.717, 1.165) is 10.2 Å². The van der Waals surface area contributed by atoms with E-state index in [2.05, 4.69) is 15.6 Å². The Morgan fingerprint density at radius 2 is 2.14 bits per heavy atom. The molecule has 7 nitrogen and oxygen atoms in total. The lowest BCUT2D eigenvalue weighted by Crippen LogP contribution is -2.44. The molecular weight excluding hydrogens is 294 g/mol. The van der Waals surface area contributed by atoms with Crippen LogP contribution in [-0.2, 0) is 9.53 Å². The summed E-state index contributed by atoms with van der Waals surface area (Å²) in [6, 6.07) is 6.55. The Labute approximate surface area is 123 Å². The van der Waals surface area contributed by atoms with Gasteiger partial charge in [-0.15, -0.1) is 0 Å². The minimum absolute atomic E-state index is 0.113. The number of rotatable bonds is 3. The van der Waals surface area contributed by atoms with Crippen LogP contribution in [0.5, 0.6) is 0 Å². The van der Waals surface area contributed by atoms with Crippen molar-refractivity contribution < 1.29 is 19.4 Å². The molecule has 0 aliphatic carbocycles. The Morgan fingerprint density at radius 1 is 1.33 bits per heavy atom. The van der Waals surface area contributed by atoms with Gasteiger partial charge in [-0.25, -0.2) is 9.78 Å². The molecule has 1 saturated heterocycles. The molecule has 3 N–H and O–H groups in total.